The molecule has 1 aliphatic rings. The van der Waals surface area contributed by atoms with E-state index in [-0.39, 0.29) is 28.2 Å². The van der Waals surface area contributed by atoms with Gasteiger partial charge in [0.1, 0.15) is 18.1 Å². The number of carbonyl (C=O) groups is 1. The molecule has 1 amide bonds. The van der Waals surface area contributed by atoms with Gasteiger partial charge in [-0.2, -0.15) is 4.31 Å². The van der Waals surface area contributed by atoms with Crippen LogP contribution in [0, 0.1) is 0 Å². The van der Waals surface area contributed by atoms with Gasteiger partial charge < -0.3 is 19.5 Å². The highest BCUT2D eigenvalue weighted by Crippen LogP contribution is 2.29. The molecule has 0 radical (unpaired) electrons. The number of hydrogen-bond acceptors (Lipinski definition) is 6. The Labute approximate surface area is 209 Å². The molecule has 0 atom stereocenters. The van der Waals surface area contributed by atoms with Crippen LogP contribution in [-0.2, 0) is 26.2 Å². The quantitative estimate of drug-likeness (QED) is 0.462. The van der Waals surface area contributed by atoms with Gasteiger partial charge in [-0.1, -0.05) is 41.9 Å². The minimum absolute atomic E-state index is 0.0655. The molecule has 3 aromatic carbocycles. The molecule has 1 heterocycles. The molecule has 0 unspecified atom stereocenters. The first kappa shape index (κ1) is 25.0. The lowest BCUT2D eigenvalue weighted by atomic mass is 10.2. The van der Waals surface area contributed by atoms with Crippen molar-refractivity contribution in [3.05, 3.63) is 83.4 Å². The number of carbonyl (C=O) groups excluding carboxylic acids is 1. The number of halogens is 1. The zero-order valence-corrected chi connectivity index (χ0v) is 20.4. The lowest BCUT2D eigenvalue weighted by Gasteiger charge is -2.26. The summed E-state index contributed by atoms with van der Waals surface area (Å²) >= 11 is 6.23. The van der Waals surface area contributed by atoms with Crippen LogP contribution >= 0.6 is 11.6 Å². The van der Waals surface area contributed by atoms with Crippen molar-refractivity contribution in [1.29, 1.82) is 0 Å². The molecular weight excluding hydrogens is 492 g/mol. The third kappa shape index (κ3) is 6.73. The lowest BCUT2D eigenvalue weighted by molar-refractivity contribution is -0.118. The number of benzene rings is 3. The molecule has 35 heavy (non-hydrogen) atoms. The van der Waals surface area contributed by atoms with Crippen LogP contribution in [0.25, 0.3) is 0 Å². The van der Waals surface area contributed by atoms with Crippen molar-refractivity contribution in [2.24, 2.45) is 0 Å². The van der Waals surface area contributed by atoms with Crippen molar-refractivity contribution in [2.75, 3.05) is 38.2 Å². The van der Waals surface area contributed by atoms with Gasteiger partial charge in [0.25, 0.3) is 5.91 Å². The van der Waals surface area contributed by atoms with E-state index in [0.29, 0.717) is 44.3 Å². The van der Waals surface area contributed by atoms with Crippen LogP contribution in [0.15, 0.2) is 77.7 Å². The predicted molar refractivity (Wildman–Crippen MR) is 132 cm³/mol. The summed E-state index contributed by atoms with van der Waals surface area (Å²) in [4.78, 5) is 12.4. The van der Waals surface area contributed by atoms with Crippen LogP contribution in [0.1, 0.15) is 5.56 Å². The van der Waals surface area contributed by atoms with Crippen molar-refractivity contribution in [3.63, 3.8) is 0 Å². The van der Waals surface area contributed by atoms with Crippen LogP contribution in [0.3, 0.4) is 0 Å². The van der Waals surface area contributed by atoms with Crippen LogP contribution in [0.5, 0.6) is 11.5 Å². The summed E-state index contributed by atoms with van der Waals surface area (Å²) in [7, 11) is -3.67. The maximum Gasteiger partial charge on any atom is 0.262 e. The normalized spacial score (nSPS) is 14.3. The molecule has 0 aliphatic carbocycles. The first-order valence-corrected chi connectivity index (χ1v) is 12.8. The zero-order chi connectivity index (χ0) is 24.7. The number of anilines is 1. The van der Waals surface area contributed by atoms with Gasteiger partial charge in [-0.15, -0.1) is 0 Å². The average molecular weight is 517 g/mol. The van der Waals surface area contributed by atoms with Crippen LogP contribution < -0.4 is 14.8 Å². The van der Waals surface area contributed by atoms with Gasteiger partial charge in [0.05, 0.1) is 23.1 Å². The maximum atomic E-state index is 12.8. The zero-order valence-electron chi connectivity index (χ0n) is 18.9. The number of nitrogens with zero attached hydrogens (tertiary/aromatic N) is 1. The Morgan fingerprint density at radius 1 is 0.971 bits per heavy atom. The van der Waals surface area contributed by atoms with Crippen LogP contribution in [-0.4, -0.2) is 51.5 Å². The van der Waals surface area contributed by atoms with Gasteiger partial charge >= 0.3 is 0 Å². The summed E-state index contributed by atoms with van der Waals surface area (Å²) < 4.78 is 43.3. The van der Waals surface area contributed by atoms with Crippen LogP contribution in [0.4, 0.5) is 5.69 Å². The number of hydrogen-bond donors (Lipinski definition) is 1. The highest BCUT2D eigenvalue weighted by molar-refractivity contribution is 7.89. The highest BCUT2D eigenvalue weighted by Gasteiger charge is 2.27. The first-order valence-electron chi connectivity index (χ1n) is 11.0. The minimum atomic E-state index is -3.67. The smallest absolute Gasteiger partial charge is 0.262 e. The van der Waals surface area contributed by atoms with Crippen molar-refractivity contribution < 1.29 is 27.4 Å². The molecule has 0 aromatic heterocycles. The standard InChI is InChI=1S/C25H25ClN2O6S/c26-23-16-22(35(30,31)28-12-14-32-15-13-28)10-11-24(23)34-18-25(29)27-20-6-8-21(9-7-20)33-17-19-4-2-1-3-5-19/h1-11,16H,12-15,17-18H2,(H,27,29). The molecule has 1 aliphatic heterocycles. The highest BCUT2D eigenvalue weighted by atomic mass is 35.5. The van der Waals surface area contributed by atoms with E-state index in [0.717, 1.165) is 5.56 Å². The molecule has 1 fully saturated rings. The SMILES string of the molecule is O=C(COc1ccc(S(=O)(=O)N2CCOCC2)cc1Cl)Nc1ccc(OCc2ccccc2)cc1. The van der Waals surface area contributed by atoms with E-state index in [2.05, 4.69) is 5.32 Å². The fraction of sp³-hybridized carbons (Fsp3) is 0.240. The van der Waals surface area contributed by atoms with E-state index in [9.17, 15) is 13.2 Å². The Kier molecular flexibility index (Phi) is 8.25. The van der Waals surface area contributed by atoms with Gasteiger partial charge in [0.2, 0.25) is 10.0 Å². The van der Waals surface area contributed by atoms with Gasteiger partial charge in [0, 0.05) is 18.8 Å². The third-order valence-corrected chi connectivity index (χ3v) is 7.45. The Bertz CT molecular complexity index is 1250. The van der Waals surface area contributed by atoms with Crippen molar-refractivity contribution in [3.8, 4) is 11.5 Å². The molecule has 3 aromatic rings. The maximum absolute atomic E-state index is 12.8. The fourth-order valence-corrected chi connectivity index (χ4v) is 5.15. The predicted octanol–water partition coefficient (Wildman–Crippen LogP) is 3.96. The van der Waals surface area contributed by atoms with E-state index in [1.54, 1.807) is 24.3 Å². The van der Waals surface area contributed by atoms with E-state index in [4.69, 9.17) is 25.8 Å². The van der Waals surface area contributed by atoms with Crippen molar-refractivity contribution >= 4 is 33.2 Å². The van der Waals surface area contributed by atoms with Gasteiger partial charge in [0.15, 0.2) is 6.61 Å². The summed E-state index contributed by atoms with van der Waals surface area (Å²) in [5, 5.41) is 2.84. The second kappa shape index (κ2) is 11.5. The summed E-state index contributed by atoms with van der Waals surface area (Å²) in [5.74, 6) is 0.512. The summed E-state index contributed by atoms with van der Waals surface area (Å²) in [6, 6.07) is 21.0. The number of nitrogens with one attached hydrogen (secondary N) is 1. The van der Waals surface area contributed by atoms with E-state index < -0.39 is 10.0 Å². The van der Waals surface area contributed by atoms with Gasteiger partial charge in [-0.05, 0) is 48.0 Å². The largest absolute Gasteiger partial charge is 0.489 e. The second-order valence-corrected chi connectivity index (χ2v) is 10.1. The summed E-state index contributed by atoms with van der Waals surface area (Å²) in [6.07, 6.45) is 0. The Morgan fingerprint density at radius 2 is 1.69 bits per heavy atom. The molecule has 1 N–H and O–H groups in total. The third-order valence-electron chi connectivity index (χ3n) is 5.26. The Hall–Kier alpha value is -3.11. The molecule has 4 rings (SSSR count). The van der Waals surface area contributed by atoms with E-state index in [1.165, 1.54) is 22.5 Å². The Morgan fingerprint density at radius 3 is 2.37 bits per heavy atom. The second-order valence-electron chi connectivity index (χ2n) is 7.74. The summed E-state index contributed by atoms with van der Waals surface area (Å²) in [5.41, 5.74) is 1.65. The molecular formula is C25H25ClN2O6S. The number of sulfonamides is 1. The summed E-state index contributed by atoms with van der Waals surface area (Å²) in [6.45, 7) is 1.45. The van der Waals surface area contributed by atoms with E-state index in [1.807, 2.05) is 30.3 Å². The molecule has 184 valence electrons. The molecule has 10 heteroatoms. The molecule has 1 saturated heterocycles. The molecule has 0 bridgehead atoms. The average Bonchev–Trinajstić information content (AvgIpc) is 2.88. The molecule has 0 saturated carbocycles. The topological polar surface area (TPSA) is 94.2 Å². The van der Waals surface area contributed by atoms with E-state index >= 15 is 0 Å². The van der Waals surface area contributed by atoms with Crippen LogP contribution in [0.2, 0.25) is 5.02 Å². The minimum Gasteiger partial charge on any atom is -0.489 e. The number of ether oxygens (including phenoxy) is 3. The fourth-order valence-electron chi connectivity index (χ4n) is 3.41. The Balaban J connectivity index is 1.28. The number of rotatable bonds is 9. The first-order chi connectivity index (χ1) is 16.9. The molecule has 0 spiro atoms. The monoisotopic (exact) mass is 516 g/mol. The number of morpholine rings is 1. The van der Waals surface area contributed by atoms with Gasteiger partial charge in [-0.25, -0.2) is 8.42 Å². The molecule has 8 nitrogen and oxygen atoms in total. The van der Waals surface area contributed by atoms with Crippen molar-refractivity contribution in [1.82, 2.24) is 4.31 Å². The van der Waals surface area contributed by atoms with Crippen molar-refractivity contribution in [2.45, 2.75) is 11.5 Å². The van der Waals surface area contributed by atoms with Gasteiger partial charge in [-0.3, -0.25) is 4.79 Å². The number of amides is 1. The lowest BCUT2D eigenvalue weighted by Crippen LogP contribution is -2.40.